The van der Waals surface area contributed by atoms with Crippen molar-refractivity contribution in [3.63, 3.8) is 0 Å². The SMILES string of the molecule is CCCCCCCCCCCCOC[C@@]12O[C@@H](C)C(NC(=O)c3ccc(F)cc3)[C@H]1OC(C)(C)O2. The van der Waals surface area contributed by atoms with Crippen molar-refractivity contribution in [3.8, 4) is 0 Å². The highest BCUT2D eigenvalue weighted by Gasteiger charge is 2.64. The van der Waals surface area contributed by atoms with E-state index in [1.165, 1.54) is 75.6 Å². The summed E-state index contributed by atoms with van der Waals surface area (Å²) >= 11 is 0. The monoisotopic (exact) mass is 493 g/mol. The summed E-state index contributed by atoms with van der Waals surface area (Å²) in [7, 11) is 0. The molecule has 1 amide bonds. The second-order valence-corrected chi connectivity index (χ2v) is 10.4. The van der Waals surface area contributed by atoms with Gasteiger partial charge in [0.25, 0.3) is 5.91 Å². The smallest absolute Gasteiger partial charge is 0.251 e. The Morgan fingerprint density at radius 1 is 0.971 bits per heavy atom. The standard InChI is InChI=1S/C28H44FNO5/c1-5-6-7-8-9-10-11-12-13-14-19-32-20-28-25(34-27(3,4)35-28)24(21(2)33-28)30-26(31)22-15-17-23(29)18-16-22/h15-18,21,24-25H,5-14,19-20H2,1-4H3,(H,30,31)/t21-,24?,25+,28-/m0/s1. The molecular formula is C28H44FNO5. The molecule has 6 nitrogen and oxygen atoms in total. The third kappa shape index (κ3) is 7.97. The van der Waals surface area contributed by atoms with E-state index in [0.717, 1.165) is 12.8 Å². The molecule has 0 bridgehead atoms. The van der Waals surface area contributed by atoms with Gasteiger partial charge in [-0.25, -0.2) is 4.39 Å². The number of fused-ring (bicyclic) bond motifs is 1. The molecule has 2 aliphatic rings. The van der Waals surface area contributed by atoms with E-state index >= 15 is 0 Å². The lowest BCUT2D eigenvalue weighted by Gasteiger charge is -2.28. The van der Waals surface area contributed by atoms with Gasteiger partial charge in [0, 0.05) is 12.2 Å². The maximum atomic E-state index is 13.2. The van der Waals surface area contributed by atoms with Gasteiger partial charge < -0.3 is 24.3 Å². The van der Waals surface area contributed by atoms with Gasteiger partial charge in [-0.1, -0.05) is 64.7 Å². The van der Waals surface area contributed by atoms with Crippen molar-refractivity contribution in [2.45, 2.75) is 122 Å². The molecule has 4 atom stereocenters. The van der Waals surface area contributed by atoms with Crippen LogP contribution in [0.5, 0.6) is 0 Å². The van der Waals surface area contributed by atoms with Crippen molar-refractivity contribution in [2.24, 2.45) is 0 Å². The molecule has 2 fully saturated rings. The van der Waals surface area contributed by atoms with E-state index in [2.05, 4.69) is 12.2 Å². The zero-order chi connectivity index (χ0) is 25.3. The molecule has 2 aliphatic heterocycles. The molecule has 0 spiro atoms. The van der Waals surface area contributed by atoms with Crippen molar-refractivity contribution in [1.82, 2.24) is 5.32 Å². The van der Waals surface area contributed by atoms with Gasteiger partial charge in [0.1, 0.15) is 18.5 Å². The van der Waals surface area contributed by atoms with Crippen molar-refractivity contribution in [1.29, 1.82) is 0 Å². The first kappa shape index (κ1) is 28.0. The number of rotatable bonds is 15. The van der Waals surface area contributed by atoms with E-state index < -0.39 is 23.7 Å². The first-order chi connectivity index (χ1) is 16.8. The largest absolute Gasteiger partial charge is 0.376 e. The highest BCUT2D eigenvalue weighted by atomic mass is 19.1. The Labute approximate surface area is 210 Å². The van der Waals surface area contributed by atoms with Crippen LogP contribution < -0.4 is 5.32 Å². The minimum atomic E-state index is -1.07. The quantitative estimate of drug-likeness (QED) is 0.298. The summed E-state index contributed by atoms with van der Waals surface area (Å²) in [5.74, 6) is -2.61. The third-order valence-electron chi connectivity index (χ3n) is 6.83. The first-order valence-electron chi connectivity index (χ1n) is 13.5. The number of carbonyl (C=O) groups is 1. The summed E-state index contributed by atoms with van der Waals surface area (Å²) in [6.45, 7) is 8.69. The average molecular weight is 494 g/mol. The third-order valence-corrected chi connectivity index (χ3v) is 6.83. The van der Waals surface area contributed by atoms with E-state index in [0.29, 0.717) is 12.2 Å². The predicted molar refractivity (Wildman–Crippen MR) is 134 cm³/mol. The Kier molecular flexibility index (Phi) is 10.5. The van der Waals surface area contributed by atoms with E-state index in [1.54, 1.807) is 0 Å². The molecule has 1 N–H and O–H groups in total. The molecule has 1 unspecified atom stereocenters. The summed E-state index contributed by atoms with van der Waals surface area (Å²) in [6.07, 6.45) is 11.9. The maximum Gasteiger partial charge on any atom is 0.251 e. The van der Waals surface area contributed by atoms with Crippen LogP contribution in [0, 0.1) is 5.82 Å². The predicted octanol–water partition coefficient (Wildman–Crippen LogP) is 6.13. The minimum Gasteiger partial charge on any atom is -0.376 e. The van der Waals surface area contributed by atoms with Crippen LogP contribution in [-0.4, -0.2) is 48.9 Å². The van der Waals surface area contributed by atoms with Crippen molar-refractivity contribution >= 4 is 5.91 Å². The number of amides is 1. The molecule has 198 valence electrons. The van der Waals surface area contributed by atoms with Gasteiger partial charge in [0.15, 0.2) is 5.79 Å². The lowest BCUT2D eigenvalue weighted by molar-refractivity contribution is -0.274. The average Bonchev–Trinajstić information content (AvgIpc) is 3.20. The molecule has 0 radical (unpaired) electrons. The molecule has 3 rings (SSSR count). The van der Waals surface area contributed by atoms with Gasteiger partial charge in [0.05, 0.1) is 12.1 Å². The molecular weight excluding hydrogens is 449 g/mol. The first-order valence-corrected chi connectivity index (χ1v) is 13.5. The molecule has 35 heavy (non-hydrogen) atoms. The van der Waals surface area contributed by atoms with Crippen LogP contribution in [0.1, 0.15) is 102 Å². The van der Waals surface area contributed by atoms with Gasteiger partial charge in [-0.15, -0.1) is 0 Å². The number of ether oxygens (including phenoxy) is 4. The Morgan fingerprint density at radius 2 is 1.57 bits per heavy atom. The minimum absolute atomic E-state index is 0.242. The van der Waals surface area contributed by atoms with Crippen LogP contribution in [0.2, 0.25) is 0 Å². The molecule has 1 aromatic rings. The summed E-state index contributed by atoms with van der Waals surface area (Å²) in [6, 6.07) is 5.05. The Balaban J connectivity index is 1.43. The molecule has 2 saturated heterocycles. The zero-order valence-electron chi connectivity index (χ0n) is 21.9. The van der Waals surface area contributed by atoms with Crippen LogP contribution in [0.15, 0.2) is 24.3 Å². The number of benzene rings is 1. The maximum absolute atomic E-state index is 13.2. The Bertz CT molecular complexity index is 786. The van der Waals surface area contributed by atoms with Crippen molar-refractivity contribution in [2.75, 3.05) is 13.2 Å². The topological polar surface area (TPSA) is 66.0 Å². The highest BCUT2D eigenvalue weighted by Crippen LogP contribution is 2.45. The van der Waals surface area contributed by atoms with E-state index in [4.69, 9.17) is 18.9 Å². The Hall–Kier alpha value is -1.54. The van der Waals surface area contributed by atoms with Crippen LogP contribution in [0.25, 0.3) is 0 Å². The number of hydrogen-bond donors (Lipinski definition) is 1. The second-order valence-electron chi connectivity index (χ2n) is 10.4. The van der Waals surface area contributed by atoms with Gasteiger partial charge in [0.2, 0.25) is 5.79 Å². The molecule has 0 aromatic heterocycles. The van der Waals surface area contributed by atoms with Crippen LogP contribution >= 0.6 is 0 Å². The molecule has 0 saturated carbocycles. The fraction of sp³-hybridized carbons (Fsp3) is 0.750. The van der Waals surface area contributed by atoms with E-state index in [9.17, 15) is 9.18 Å². The molecule has 7 heteroatoms. The number of halogens is 1. The van der Waals surface area contributed by atoms with Gasteiger partial charge in [-0.3, -0.25) is 4.79 Å². The van der Waals surface area contributed by atoms with Crippen molar-refractivity contribution < 1.29 is 28.1 Å². The van der Waals surface area contributed by atoms with Crippen molar-refractivity contribution in [3.05, 3.63) is 35.6 Å². The fourth-order valence-electron chi connectivity index (χ4n) is 5.05. The normalized spacial score (nSPS) is 27.2. The number of hydrogen-bond acceptors (Lipinski definition) is 5. The van der Waals surface area contributed by atoms with E-state index in [-0.39, 0.29) is 24.4 Å². The zero-order valence-corrected chi connectivity index (χ0v) is 21.9. The summed E-state index contributed by atoms with van der Waals surface area (Å²) < 4.78 is 37.8. The van der Waals surface area contributed by atoms with E-state index in [1.807, 2.05) is 20.8 Å². The highest BCUT2D eigenvalue weighted by molar-refractivity contribution is 5.94. The summed E-state index contributed by atoms with van der Waals surface area (Å²) in [5.41, 5.74) is 0.381. The molecule has 0 aliphatic carbocycles. The Morgan fingerprint density at radius 3 is 2.20 bits per heavy atom. The molecule has 2 heterocycles. The van der Waals surface area contributed by atoms with Gasteiger partial charge >= 0.3 is 0 Å². The number of unbranched alkanes of at least 4 members (excludes halogenated alkanes) is 9. The fourth-order valence-corrected chi connectivity index (χ4v) is 5.05. The van der Waals surface area contributed by atoms with Gasteiger partial charge in [-0.05, 0) is 51.5 Å². The number of carbonyl (C=O) groups excluding carboxylic acids is 1. The summed E-state index contributed by atoms with van der Waals surface area (Å²) in [4.78, 5) is 12.8. The molecule has 1 aromatic carbocycles. The lowest BCUT2D eigenvalue weighted by atomic mass is 10.0. The van der Waals surface area contributed by atoms with Gasteiger partial charge in [-0.2, -0.15) is 0 Å². The van der Waals surface area contributed by atoms with Crippen LogP contribution in [0.3, 0.4) is 0 Å². The summed E-state index contributed by atoms with van der Waals surface area (Å²) in [5, 5.41) is 3.00. The second kappa shape index (κ2) is 13.1. The van der Waals surface area contributed by atoms with Crippen LogP contribution in [-0.2, 0) is 18.9 Å². The number of nitrogens with one attached hydrogen (secondary N) is 1. The van der Waals surface area contributed by atoms with Crippen LogP contribution in [0.4, 0.5) is 4.39 Å². The lowest BCUT2D eigenvalue weighted by Crippen LogP contribution is -2.50.